The summed E-state index contributed by atoms with van der Waals surface area (Å²) in [4.78, 5) is 0. The molecular formula is C54H48O14. The summed E-state index contributed by atoms with van der Waals surface area (Å²) in [6.45, 7) is 11.2. The van der Waals surface area contributed by atoms with Crippen LogP contribution in [0.4, 0.5) is 0 Å². The van der Waals surface area contributed by atoms with Crippen LogP contribution in [-0.4, -0.2) is 51.0 Å². The van der Waals surface area contributed by atoms with Gasteiger partial charge in [-0.3, -0.25) is 0 Å². The molecule has 14 heteroatoms. The smallest absolute Gasteiger partial charge is 0.230 e. The van der Waals surface area contributed by atoms with Crippen molar-refractivity contribution in [3.05, 3.63) is 137 Å². The predicted molar refractivity (Wildman–Crippen MR) is 243 cm³/mol. The summed E-state index contributed by atoms with van der Waals surface area (Å²) in [6, 6.07) is 12.2. The highest BCUT2D eigenvalue weighted by atomic mass is 16.7. The molecule has 12 bridgehead atoms. The summed E-state index contributed by atoms with van der Waals surface area (Å²) in [7, 11) is 0. The Bertz CT molecular complexity index is 2800. The average molecular weight is 921 g/mol. The number of rotatable bonds is 0. The van der Waals surface area contributed by atoms with Crippen molar-refractivity contribution in [3.63, 3.8) is 0 Å². The van der Waals surface area contributed by atoms with E-state index in [1.807, 2.05) is 65.8 Å². The molecule has 2 N–H and O–H groups in total. The molecule has 6 aromatic carbocycles. The van der Waals surface area contributed by atoms with Crippen LogP contribution in [0.15, 0.2) is 36.4 Å². The quantitative estimate of drug-likeness (QED) is 0.149. The summed E-state index contributed by atoms with van der Waals surface area (Å²) < 4.78 is 76.7. The Morgan fingerprint density at radius 3 is 0.632 bits per heavy atom. The van der Waals surface area contributed by atoms with Crippen molar-refractivity contribution in [3.8, 4) is 69.0 Å². The largest absolute Gasteiger partial charge is 0.457 e. The van der Waals surface area contributed by atoms with E-state index in [4.69, 9.17) is 56.8 Å². The van der Waals surface area contributed by atoms with E-state index in [9.17, 15) is 10.2 Å². The molecule has 0 unspecified atom stereocenters. The van der Waals surface area contributed by atoms with Crippen molar-refractivity contribution in [1.29, 1.82) is 0 Å². The Labute approximate surface area is 391 Å². The molecule has 0 fully saturated rings. The molecule has 0 radical (unpaired) electrons. The molecule has 0 spiro atoms. The fraction of sp³-hybridized carbons (Fsp3) is 0.333. The second-order valence-electron chi connectivity index (χ2n) is 18.5. The third-order valence-electron chi connectivity index (χ3n) is 14.6. The number of aliphatic hydroxyl groups is 2. The zero-order valence-electron chi connectivity index (χ0n) is 38.5. The predicted octanol–water partition coefficient (Wildman–Crippen LogP) is 8.75. The van der Waals surface area contributed by atoms with Crippen molar-refractivity contribution in [2.75, 3.05) is 40.8 Å². The summed E-state index contributed by atoms with van der Waals surface area (Å²) >= 11 is 0. The lowest BCUT2D eigenvalue weighted by atomic mass is 9.86. The molecule has 6 heterocycles. The molecular weight excluding hydrogens is 873 g/mol. The highest BCUT2D eigenvalue weighted by molar-refractivity contribution is 5.68. The zero-order chi connectivity index (χ0) is 46.3. The maximum Gasteiger partial charge on any atom is 0.230 e. The van der Waals surface area contributed by atoms with Gasteiger partial charge in [-0.05, 0) is 122 Å². The standard InChI is InChI=1S/C54H48O14/c1-23-43-29-7-30-10-34-14-38-42(56)40-16-36-12-32-8-31-11-35-15-39-41(55)37-13-33(9-29)47(61-17-57-43)25(3)51(37)65-21-67-53(39)27(5)49(35)63-19-59-45(31)24(2)46(32)60-20-64-50(36)28(6)54(40)68-22-66-52(38)26(4)48(34)62-18-58-44(23)30/h7-8,13-16,41-42,55-56H,9-12,17-22H2,1-6H3. The molecule has 7 aliphatic rings. The van der Waals surface area contributed by atoms with Gasteiger partial charge in [-0.15, -0.1) is 0 Å². The minimum atomic E-state index is -1.15. The lowest BCUT2D eigenvalue weighted by Gasteiger charge is -2.32. The van der Waals surface area contributed by atoms with Gasteiger partial charge in [0, 0.05) is 81.3 Å². The molecule has 1 aliphatic carbocycles. The van der Waals surface area contributed by atoms with Crippen LogP contribution in [0.3, 0.4) is 0 Å². The van der Waals surface area contributed by atoms with Crippen LogP contribution in [0.1, 0.15) is 112 Å². The van der Waals surface area contributed by atoms with Gasteiger partial charge in [-0.1, -0.05) is 0 Å². The highest BCUT2D eigenvalue weighted by Gasteiger charge is 2.36. The molecule has 348 valence electrons. The van der Waals surface area contributed by atoms with Crippen LogP contribution >= 0.6 is 0 Å². The molecule has 0 saturated carbocycles. The van der Waals surface area contributed by atoms with Crippen LogP contribution < -0.4 is 56.8 Å². The third kappa shape index (κ3) is 6.02. The Kier molecular flexibility index (Phi) is 9.16. The molecule has 0 saturated heterocycles. The minimum absolute atomic E-state index is 0.0744. The SMILES string of the molecule is Cc1c2c3cc4c1OCOc1c(cc5c(c1C)OCOc1c(cc6c(c1C)OCOc1c(cc7c(c1C)OCOc1c(cc8c(c1C)OCOc1c(cc(c(c1C)OCO2)C3)C8O)C7)C6)C5O)C4. The maximum absolute atomic E-state index is 12.7. The number of ether oxygens (including phenoxy) is 12. The Morgan fingerprint density at radius 2 is 0.426 bits per heavy atom. The van der Waals surface area contributed by atoms with E-state index >= 15 is 0 Å². The molecule has 68 heavy (non-hydrogen) atoms. The van der Waals surface area contributed by atoms with E-state index in [2.05, 4.69) is 12.1 Å². The van der Waals surface area contributed by atoms with E-state index < -0.39 is 12.2 Å². The number of hydrogen-bond donors (Lipinski definition) is 2. The first-order chi connectivity index (χ1) is 33.0. The van der Waals surface area contributed by atoms with Crippen molar-refractivity contribution in [2.45, 2.75) is 79.4 Å². The number of aliphatic hydroxyl groups excluding tert-OH is 2. The lowest BCUT2D eigenvalue weighted by molar-refractivity contribution is 0.0908. The van der Waals surface area contributed by atoms with Crippen molar-refractivity contribution >= 4 is 0 Å². The van der Waals surface area contributed by atoms with Crippen LogP contribution in [0.5, 0.6) is 69.0 Å². The van der Waals surface area contributed by atoms with Gasteiger partial charge < -0.3 is 67.1 Å². The zero-order valence-corrected chi connectivity index (χ0v) is 38.5. The monoisotopic (exact) mass is 920 g/mol. The van der Waals surface area contributed by atoms with Gasteiger partial charge in [0.1, 0.15) is 81.2 Å². The van der Waals surface area contributed by atoms with E-state index in [-0.39, 0.29) is 40.8 Å². The molecule has 6 aliphatic heterocycles. The molecule has 6 aromatic rings. The molecule has 0 aromatic heterocycles. The van der Waals surface area contributed by atoms with Gasteiger partial charge in [0.2, 0.25) is 40.8 Å². The number of benzene rings is 6. The second kappa shape index (κ2) is 15.2. The Hall–Kier alpha value is -7.16. The van der Waals surface area contributed by atoms with Crippen LogP contribution in [0, 0.1) is 41.5 Å². The van der Waals surface area contributed by atoms with Crippen molar-refractivity contribution in [1.82, 2.24) is 0 Å². The Morgan fingerprint density at radius 1 is 0.265 bits per heavy atom. The first-order valence-electron chi connectivity index (χ1n) is 22.9. The molecule has 0 atom stereocenters. The Balaban J connectivity index is 1.07. The maximum atomic E-state index is 12.7. The fourth-order valence-corrected chi connectivity index (χ4v) is 11.6. The summed E-state index contributed by atoms with van der Waals surface area (Å²) in [6.07, 6.45) is -0.654. The van der Waals surface area contributed by atoms with E-state index in [0.29, 0.717) is 117 Å². The third-order valence-corrected chi connectivity index (χ3v) is 14.6. The molecule has 0 amide bonds. The van der Waals surface area contributed by atoms with Gasteiger partial charge >= 0.3 is 0 Å². The van der Waals surface area contributed by atoms with E-state index in [1.165, 1.54) is 0 Å². The van der Waals surface area contributed by atoms with E-state index in [0.717, 1.165) is 77.9 Å². The topological polar surface area (TPSA) is 151 Å². The molecule has 13 rings (SSSR count). The van der Waals surface area contributed by atoms with Gasteiger partial charge in [0.25, 0.3) is 0 Å². The first-order valence-corrected chi connectivity index (χ1v) is 22.9. The van der Waals surface area contributed by atoms with Gasteiger partial charge in [-0.2, -0.15) is 0 Å². The molecule has 14 nitrogen and oxygen atoms in total. The highest BCUT2D eigenvalue weighted by Crippen LogP contribution is 2.53. The van der Waals surface area contributed by atoms with Gasteiger partial charge in [0.05, 0.1) is 0 Å². The summed E-state index contributed by atoms with van der Waals surface area (Å²) in [5.41, 5.74) is 13.9. The minimum Gasteiger partial charge on any atom is -0.457 e. The first kappa shape index (κ1) is 41.1. The van der Waals surface area contributed by atoms with Crippen LogP contribution in [0.25, 0.3) is 0 Å². The fourth-order valence-electron chi connectivity index (χ4n) is 11.6. The van der Waals surface area contributed by atoms with Crippen molar-refractivity contribution in [2.24, 2.45) is 0 Å². The average Bonchev–Trinajstić information content (AvgIpc) is 3.28. The van der Waals surface area contributed by atoms with Crippen molar-refractivity contribution < 1.29 is 67.1 Å². The second-order valence-corrected chi connectivity index (χ2v) is 18.5. The van der Waals surface area contributed by atoms with Crippen LogP contribution in [0.2, 0.25) is 0 Å². The summed E-state index contributed by atoms with van der Waals surface area (Å²) in [5.74, 6) is 6.97. The lowest BCUT2D eigenvalue weighted by Crippen LogP contribution is -2.22. The van der Waals surface area contributed by atoms with E-state index in [1.54, 1.807) is 0 Å². The summed E-state index contributed by atoms with van der Waals surface area (Å²) in [5, 5.41) is 25.4. The number of hydrogen-bond acceptors (Lipinski definition) is 14. The van der Waals surface area contributed by atoms with Crippen LogP contribution in [-0.2, 0) is 25.7 Å². The normalized spacial score (nSPS) is 18.5. The van der Waals surface area contributed by atoms with Gasteiger partial charge in [-0.25, -0.2) is 0 Å². The van der Waals surface area contributed by atoms with Gasteiger partial charge in [0.15, 0.2) is 0 Å².